The van der Waals surface area contributed by atoms with Crippen LogP contribution in [0.1, 0.15) is 43.7 Å². The van der Waals surface area contributed by atoms with Gasteiger partial charge in [0.25, 0.3) is 0 Å². The number of benzene rings is 1. The lowest BCUT2D eigenvalue weighted by Gasteiger charge is -2.32. The topological polar surface area (TPSA) is 0 Å². The highest BCUT2D eigenvalue weighted by Crippen LogP contribution is 2.54. The molecule has 1 aromatic rings. The zero-order chi connectivity index (χ0) is 10.5. The summed E-state index contributed by atoms with van der Waals surface area (Å²) in [5.74, 6) is 1.50. The Balaban J connectivity index is 2.20. The molecule has 0 aliphatic heterocycles. The van der Waals surface area contributed by atoms with Crippen LogP contribution in [0.15, 0.2) is 36.4 Å². The third-order valence-electron chi connectivity index (χ3n) is 4.36. The van der Waals surface area contributed by atoms with Crippen molar-refractivity contribution in [3.05, 3.63) is 47.5 Å². The molecule has 0 heterocycles. The van der Waals surface area contributed by atoms with Gasteiger partial charge in [0.2, 0.25) is 0 Å². The van der Waals surface area contributed by atoms with E-state index in [1.807, 2.05) is 0 Å². The van der Waals surface area contributed by atoms with E-state index in [1.165, 1.54) is 12.8 Å². The van der Waals surface area contributed by atoms with Crippen molar-refractivity contribution in [2.24, 2.45) is 5.92 Å². The molecular formula is C15H18. The average molecular weight is 198 g/mol. The van der Waals surface area contributed by atoms with Gasteiger partial charge in [-0.1, -0.05) is 50.3 Å². The van der Waals surface area contributed by atoms with Crippen LogP contribution in [-0.4, -0.2) is 0 Å². The van der Waals surface area contributed by atoms with Gasteiger partial charge in [-0.05, 0) is 35.3 Å². The van der Waals surface area contributed by atoms with Gasteiger partial charge >= 0.3 is 0 Å². The average Bonchev–Trinajstić information content (AvgIpc) is 2.51. The summed E-state index contributed by atoms with van der Waals surface area (Å²) >= 11 is 0. The standard InChI is InChI=1S/C15H18/c1-15(2)13-9-5-3-7-11(13)12-8-4-6-10-14(12)15/h3-5,7-9,12,14H,6,10H2,1-2H3. The van der Waals surface area contributed by atoms with E-state index < -0.39 is 0 Å². The number of fused-ring (bicyclic) bond motifs is 3. The van der Waals surface area contributed by atoms with Crippen molar-refractivity contribution in [2.75, 3.05) is 0 Å². The molecule has 2 atom stereocenters. The molecule has 0 saturated carbocycles. The van der Waals surface area contributed by atoms with E-state index in [9.17, 15) is 0 Å². The van der Waals surface area contributed by atoms with Crippen LogP contribution in [0.4, 0.5) is 0 Å². The van der Waals surface area contributed by atoms with Crippen LogP contribution in [0.5, 0.6) is 0 Å². The predicted molar refractivity (Wildman–Crippen MR) is 64.1 cm³/mol. The molecule has 2 unspecified atom stereocenters. The van der Waals surface area contributed by atoms with Crippen LogP contribution in [0.3, 0.4) is 0 Å². The second-order valence-corrected chi connectivity index (χ2v) is 5.45. The maximum Gasteiger partial charge on any atom is 0.00576 e. The molecule has 0 N–H and O–H groups in total. The maximum absolute atomic E-state index is 2.43. The van der Waals surface area contributed by atoms with Gasteiger partial charge in [0.1, 0.15) is 0 Å². The Morgan fingerprint density at radius 1 is 1.20 bits per heavy atom. The van der Waals surface area contributed by atoms with E-state index in [0.717, 1.165) is 5.92 Å². The van der Waals surface area contributed by atoms with E-state index >= 15 is 0 Å². The SMILES string of the molecule is CC1(C)c2ccccc2C2C=CCCC21. The van der Waals surface area contributed by atoms with Gasteiger partial charge in [0.15, 0.2) is 0 Å². The molecule has 0 amide bonds. The number of hydrogen-bond acceptors (Lipinski definition) is 0. The largest absolute Gasteiger partial charge is 0.0879 e. The molecule has 78 valence electrons. The van der Waals surface area contributed by atoms with E-state index in [-0.39, 0.29) is 0 Å². The fourth-order valence-electron chi connectivity index (χ4n) is 3.54. The van der Waals surface area contributed by atoms with Crippen molar-refractivity contribution in [1.82, 2.24) is 0 Å². The normalized spacial score (nSPS) is 31.1. The van der Waals surface area contributed by atoms with Crippen molar-refractivity contribution in [1.29, 1.82) is 0 Å². The third-order valence-corrected chi connectivity index (χ3v) is 4.36. The van der Waals surface area contributed by atoms with Gasteiger partial charge in [0.05, 0.1) is 0 Å². The summed E-state index contributed by atoms with van der Waals surface area (Å²) < 4.78 is 0. The van der Waals surface area contributed by atoms with Gasteiger partial charge in [-0.2, -0.15) is 0 Å². The van der Waals surface area contributed by atoms with Crippen molar-refractivity contribution in [3.63, 3.8) is 0 Å². The number of rotatable bonds is 0. The van der Waals surface area contributed by atoms with Crippen LogP contribution in [-0.2, 0) is 5.41 Å². The van der Waals surface area contributed by atoms with Crippen LogP contribution < -0.4 is 0 Å². The van der Waals surface area contributed by atoms with E-state index in [0.29, 0.717) is 11.3 Å². The number of hydrogen-bond donors (Lipinski definition) is 0. The third kappa shape index (κ3) is 1.14. The maximum atomic E-state index is 2.43. The van der Waals surface area contributed by atoms with Crippen molar-refractivity contribution >= 4 is 0 Å². The molecule has 0 spiro atoms. The predicted octanol–water partition coefficient (Wildman–Crippen LogP) is 4.03. The lowest BCUT2D eigenvalue weighted by molar-refractivity contribution is 0.301. The molecule has 3 rings (SSSR count). The molecule has 0 fully saturated rings. The molecule has 0 nitrogen and oxygen atoms in total. The highest BCUT2D eigenvalue weighted by Gasteiger charge is 2.44. The highest BCUT2D eigenvalue weighted by atomic mass is 14.5. The second kappa shape index (κ2) is 2.98. The lowest BCUT2D eigenvalue weighted by atomic mass is 9.72. The van der Waals surface area contributed by atoms with Gasteiger partial charge < -0.3 is 0 Å². The van der Waals surface area contributed by atoms with E-state index in [4.69, 9.17) is 0 Å². The van der Waals surface area contributed by atoms with Crippen LogP contribution in [0.25, 0.3) is 0 Å². The summed E-state index contributed by atoms with van der Waals surface area (Å²) in [6, 6.07) is 9.00. The van der Waals surface area contributed by atoms with Crippen LogP contribution >= 0.6 is 0 Å². The van der Waals surface area contributed by atoms with E-state index in [1.54, 1.807) is 11.1 Å². The summed E-state index contributed by atoms with van der Waals surface area (Å²) in [6.07, 6.45) is 7.41. The molecule has 0 radical (unpaired) electrons. The summed E-state index contributed by atoms with van der Waals surface area (Å²) in [5.41, 5.74) is 3.52. The fraction of sp³-hybridized carbons (Fsp3) is 0.467. The first kappa shape index (κ1) is 9.21. The van der Waals surface area contributed by atoms with Crippen LogP contribution in [0.2, 0.25) is 0 Å². The summed E-state index contributed by atoms with van der Waals surface area (Å²) in [6.45, 7) is 4.82. The Hall–Kier alpha value is -1.04. The zero-order valence-corrected chi connectivity index (χ0v) is 9.53. The molecule has 0 saturated heterocycles. The number of allylic oxidation sites excluding steroid dienone is 2. The minimum absolute atomic E-state index is 0.367. The summed E-state index contributed by atoms with van der Waals surface area (Å²) in [7, 11) is 0. The molecule has 0 bridgehead atoms. The van der Waals surface area contributed by atoms with E-state index in [2.05, 4.69) is 50.3 Å². The highest BCUT2D eigenvalue weighted by molar-refractivity contribution is 5.46. The molecule has 0 heteroatoms. The quantitative estimate of drug-likeness (QED) is 0.552. The second-order valence-electron chi connectivity index (χ2n) is 5.45. The Morgan fingerprint density at radius 3 is 2.87 bits per heavy atom. The summed E-state index contributed by atoms with van der Waals surface area (Å²) in [5, 5.41) is 0. The molecule has 15 heavy (non-hydrogen) atoms. The summed E-state index contributed by atoms with van der Waals surface area (Å²) in [4.78, 5) is 0. The van der Waals surface area contributed by atoms with Gasteiger partial charge in [-0.3, -0.25) is 0 Å². The Kier molecular flexibility index (Phi) is 1.83. The Morgan fingerprint density at radius 2 is 2.00 bits per heavy atom. The Bertz CT molecular complexity index is 412. The lowest BCUT2D eigenvalue weighted by Crippen LogP contribution is -2.26. The monoisotopic (exact) mass is 198 g/mol. The van der Waals surface area contributed by atoms with Gasteiger partial charge in [-0.25, -0.2) is 0 Å². The first-order chi connectivity index (χ1) is 7.21. The Labute approximate surface area is 92.0 Å². The minimum atomic E-state index is 0.367. The smallest absolute Gasteiger partial charge is 0.00576 e. The fourth-order valence-corrected chi connectivity index (χ4v) is 3.54. The molecule has 2 aliphatic rings. The molecular weight excluding hydrogens is 180 g/mol. The first-order valence-electron chi connectivity index (χ1n) is 5.97. The molecule has 0 aromatic heterocycles. The molecule has 2 aliphatic carbocycles. The van der Waals surface area contributed by atoms with Crippen LogP contribution in [0, 0.1) is 5.92 Å². The van der Waals surface area contributed by atoms with Gasteiger partial charge in [0, 0.05) is 5.92 Å². The van der Waals surface area contributed by atoms with Gasteiger partial charge in [-0.15, -0.1) is 0 Å². The van der Waals surface area contributed by atoms with Crippen molar-refractivity contribution in [3.8, 4) is 0 Å². The first-order valence-corrected chi connectivity index (χ1v) is 5.97. The van der Waals surface area contributed by atoms with Crippen molar-refractivity contribution < 1.29 is 0 Å². The van der Waals surface area contributed by atoms with Crippen molar-refractivity contribution in [2.45, 2.75) is 38.0 Å². The molecule has 1 aromatic carbocycles. The zero-order valence-electron chi connectivity index (χ0n) is 9.53. The minimum Gasteiger partial charge on any atom is -0.0879 e.